The second-order valence-electron chi connectivity index (χ2n) is 4.50. The van der Waals surface area contributed by atoms with Gasteiger partial charge in [-0.3, -0.25) is 0 Å². The number of aromatic amines is 1. The fraction of sp³-hybridized carbons (Fsp3) is 0.357. The van der Waals surface area contributed by atoms with Gasteiger partial charge in [-0.25, -0.2) is 4.98 Å². The number of H-pyrrole nitrogens is 1. The topological polar surface area (TPSA) is 49.9 Å². The molecule has 0 bridgehead atoms. The van der Waals surface area contributed by atoms with E-state index in [0.717, 1.165) is 44.1 Å². The number of hydrogen-bond acceptors (Lipinski definition) is 3. The van der Waals surface area contributed by atoms with Gasteiger partial charge in [0.05, 0.1) is 6.61 Å². The normalized spacial score (nSPS) is 13.3. The molecule has 1 aromatic carbocycles. The van der Waals surface area contributed by atoms with Gasteiger partial charge in [0, 0.05) is 38.3 Å². The Bertz CT molecular complexity index is 508. The van der Waals surface area contributed by atoms with E-state index in [9.17, 15) is 0 Å². The van der Waals surface area contributed by atoms with Crippen molar-refractivity contribution in [3.8, 4) is 5.75 Å². The van der Waals surface area contributed by atoms with Crippen molar-refractivity contribution in [2.75, 3.05) is 13.2 Å². The Hall–Kier alpha value is -1.81. The van der Waals surface area contributed by atoms with E-state index in [1.807, 2.05) is 6.20 Å². The van der Waals surface area contributed by atoms with Crippen LogP contribution in [0.2, 0.25) is 0 Å². The van der Waals surface area contributed by atoms with Gasteiger partial charge in [0.25, 0.3) is 0 Å². The first kappa shape index (κ1) is 11.3. The van der Waals surface area contributed by atoms with Crippen molar-refractivity contribution >= 4 is 0 Å². The van der Waals surface area contributed by atoms with Crippen LogP contribution >= 0.6 is 0 Å². The molecule has 0 saturated carbocycles. The maximum atomic E-state index is 5.50. The predicted molar refractivity (Wildman–Crippen MR) is 69.6 cm³/mol. The number of nitrogens with zero attached hydrogens (tertiary/aromatic N) is 1. The highest BCUT2D eigenvalue weighted by atomic mass is 16.5. The van der Waals surface area contributed by atoms with Gasteiger partial charge in [-0.2, -0.15) is 0 Å². The summed E-state index contributed by atoms with van der Waals surface area (Å²) in [6.07, 6.45) is 5.61. The first-order chi connectivity index (χ1) is 8.92. The number of aromatic nitrogens is 2. The van der Waals surface area contributed by atoms with E-state index in [1.54, 1.807) is 6.20 Å². The Morgan fingerprint density at radius 2 is 2.39 bits per heavy atom. The SMILES string of the molecule is c1c[nH]c(CCNCc2ccc3c(c2)CCO3)n1. The lowest BCUT2D eigenvalue weighted by Gasteiger charge is -2.05. The molecule has 0 fully saturated rings. The van der Waals surface area contributed by atoms with Crippen LogP contribution in [0.15, 0.2) is 30.6 Å². The van der Waals surface area contributed by atoms with Gasteiger partial charge < -0.3 is 15.0 Å². The van der Waals surface area contributed by atoms with Crippen LogP contribution in [-0.2, 0) is 19.4 Å². The molecule has 3 rings (SSSR count). The minimum atomic E-state index is 0.824. The molecule has 0 spiro atoms. The number of ether oxygens (including phenoxy) is 1. The van der Waals surface area contributed by atoms with Gasteiger partial charge in [-0.05, 0) is 17.2 Å². The number of rotatable bonds is 5. The summed E-state index contributed by atoms with van der Waals surface area (Å²) in [5, 5.41) is 3.43. The summed E-state index contributed by atoms with van der Waals surface area (Å²) >= 11 is 0. The first-order valence-electron chi connectivity index (χ1n) is 6.35. The number of fused-ring (bicyclic) bond motifs is 1. The van der Waals surface area contributed by atoms with E-state index in [2.05, 4.69) is 33.5 Å². The summed E-state index contributed by atoms with van der Waals surface area (Å²) in [4.78, 5) is 7.30. The summed E-state index contributed by atoms with van der Waals surface area (Å²) in [5.41, 5.74) is 2.65. The van der Waals surface area contributed by atoms with Gasteiger partial charge in [0.15, 0.2) is 0 Å². The molecule has 1 aliphatic rings. The summed E-state index contributed by atoms with van der Waals surface area (Å²) in [5.74, 6) is 2.08. The largest absolute Gasteiger partial charge is 0.493 e. The summed E-state index contributed by atoms with van der Waals surface area (Å²) in [6.45, 7) is 2.65. The van der Waals surface area contributed by atoms with Crippen molar-refractivity contribution in [1.29, 1.82) is 0 Å². The second-order valence-corrected chi connectivity index (χ2v) is 4.50. The van der Waals surface area contributed by atoms with Crippen molar-refractivity contribution in [2.45, 2.75) is 19.4 Å². The highest BCUT2D eigenvalue weighted by Gasteiger charge is 2.11. The van der Waals surface area contributed by atoms with E-state index < -0.39 is 0 Å². The van der Waals surface area contributed by atoms with Gasteiger partial charge >= 0.3 is 0 Å². The fourth-order valence-corrected chi connectivity index (χ4v) is 2.22. The summed E-state index contributed by atoms with van der Waals surface area (Å²) in [7, 11) is 0. The summed E-state index contributed by atoms with van der Waals surface area (Å²) in [6, 6.07) is 6.44. The molecule has 2 N–H and O–H groups in total. The lowest BCUT2D eigenvalue weighted by molar-refractivity contribution is 0.357. The van der Waals surface area contributed by atoms with E-state index >= 15 is 0 Å². The van der Waals surface area contributed by atoms with Crippen LogP contribution in [0, 0.1) is 0 Å². The van der Waals surface area contributed by atoms with Crippen LogP contribution in [0.4, 0.5) is 0 Å². The molecule has 94 valence electrons. The van der Waals surface area contributed by atoms with Crippen molar-refractivity contribution < 1.29 is 4.74 Å². The van der Waals surface area contributed by atoms with Crippen molar-refractivity contribution in [3.05, 3.63) is 47.5 Å². The molecule has 2 aromatic rings. The Labute approximate surface area is 106 Å². The van der Waals surface area contributed by atoms with Crippen LogP contribution in [0.3, 0.4) is 0 Å². The second kappa shape index (κ2) is 5.23. The molecule has 18 heavy (non-hydrogen) atoms. The fourth-order valence-electron chi connectivity index (χ4n) is 2.22. The Kier molecular flexibility index (Phi) is 3.28. The van der Waals surface area contributed by atoms with Crippen molar-refractivity contribution in [2.24, 2.45) is 0 Å². The van der Waals surface area contributed by atoms with Crippen LogP contribution in [0.25, 0.3) is 0 Å². The molecule has 1 aromatic heterocycles. The molecule has 2 heterocycles. The van der Waals surface area contributed by atoms with Gasteiger partial charge in [-0.15, -0.1) is 0 Å². The number of imidazole rings is 1. The third-order valence-corrected chi connectivity index (χ3v) is 3.18. The standard InChI is InChI=1S/C14H17N3O/c1-2-13-12(4-8-18-13)9-11(1)10-15-5-3-14-16-6-7-17-14/h1-2,6-7,9,15H,3-5,8,10H2,(H,16,17). The van der Waals surface area contributed by atoms with Crippen LogP contribution in [0.1, 0.15) is 17.0 Å². The van der Waals surface area contributed by atoms with Crippen LogP contribution < -0.4 is 10.1 Å². The minimum Gasteiger partial charge on any atom is -0.493 e. The molecule has 0 amide bonds. The maximum Gasteiger partial charge on any atom is 0.122 e. The quantitative estimate of drug-likeness (QED) is 0.785. The average Bonchev–Trinajstić information content (AvgIpc) is 3.05. The zero-order valence-electron chi connectivity index (χ0n) is 10.3. The highest BCUT2D eigenvalue weighted by molar-refractivity contribution is 5.39. The zero-order valence-corrected chi connectivity index (χ0v) is 10.3. The first-order valence-corrected chi connectivity index (χ1v) is 6.35. The lowest BCUT2D eigenvalue weighted by atomic mass is 10.1. The molecule has 0 atom stereocenters. The van der Waals surface area contributed by atoms with Crippen molar-refractivity contribution in [3.63, 3.8) is 0 Å². The van der Waals surface area contributed by atoms with Gasteiger partial charge in [-0.1, -0.05) is 12.1 Å². The third kappa shape index (κ3) is 2.54. The average molecular weight is 243 g/mol. The molecule has 0 saturated heterocycles. The van der Waals surface area contributed by atoms with E-state index in [1.165, 1.54) is 11.1 Å². The Morgan fingerprint density at radius 3 is 3.28 bits per heavy atom. The van der Waals surface area contributed by atoms with Crippen molar-refractivity contribution in [1.82, 2.24) is 15.3 Å². The zero-order chi connectivity index (χ0) is 12.2. The van der Waals surface area contributed by atoms with E-state index in [0.29, 0.717) is 0 Å². The molecular formula is C14H17N3O. The molecule has 4 nitrogen and oxygen atoms in total. The highest BCUT2D eigenvalue weighted by Crippen LogP contribution is 2.25. The number of benzene rings is 1. The lowest BCUT2D eigenvalue weighted by Crippen LogP contribution is -2.17. The summed E-state index contributed by atoms with van der Waals surface area (Å²) < 4.78 is 5.50. The molecule has 4 heteroatoms. The van der Waals surface area contributed by atoms with Crippen LogP contribution in [-0.4, -0.2) is 23.1 Å². The Balaban J connectivity index is 1.48. The third-order valence-electron chi connectivity index (χ3n) is 3.18. The van der Waals surface area contributed by atoms with Gasteiger partial charge in [0.2, 0.25) is 0 Å². The molecule has 0 unspecified atom stereocenters. The smallest absolute Gasteiger partial charge is 0.122 e. The van der Waals surface area contributed by atoms with E-state index in [4.69, 9.17) is 4.74 Å². The molecule has 0 radical (unpaired) electrons. The maximum absolute atomic E-state index is 5.50. The molecule has 1 aliphatic heterocycles. The van der Waals surface area contributed by atoms with E-state index in [-0.39, 0.29) is 0 Å². The molecular weight excluding hydrogens is 226 g/mol. The predicted octanol–water partition coefficient (Wildman–Crippen LogP) is 1.68. The number of hydrogen-bond donors (Lipinski definition) is 2. The molecule has 0 aliphatic carbocycles. The van der Waals surface area contributed by atoms with Crippen LogP contribution in [0.5, 0.6) is 5.75 Å². The monoisotopic (exact) mass is 243 g/mol. The Morgan fingerprint density at radius 1 is 1.39 bits per heavy atom. The number of nitrogens with one attached hydrogen (secondary N) is 2. The minimum absolute atomic E-state index is 0.824. The van der Waals surface area contributed by atoms with Gasteiger partial charge in [0.1, 0.15) is 11.6 Å².